The van der Waals surface area contributed by atoms with Gasteiger partial charge in [0.2, 0.25) is 0 Å². The quantitative estimate of drug-likeness (QED) is 0.253. The molecule has 0 radical (unpaired) electrons. The van der Waals surface area contributed by atoms with E-state index in [4.69, 9.17) is 9.15 Å². The Morgan fingerprint density at radius 3 is 2.37 bits per heavy atom. The molecule has 0 spiro atoms. The molecule has 8 rings (SSSR count). The number of furan rings is 1. The zero-order chi connectivity index (χ0) is 26.1. The van der Waals surface area contributed by atoms with Crippen LogP contribution in [-0.2, 0) is 16.6 Å². The minimum Gasteiger partial charge on any atom is -0.456 e. The van der Waals surface area contributed by atoms with Gasteiger partial charge in [-0.25, -0.2) is 0 Å². The molecule has 190 valence electrons. The van der Waals surface area contributed by atoms with E-state index >= 15 is 0 Å². The summed E-state index contributed by atoms with van der Waals surface area (Å²) < 4.78 is 12.3. The molecule has 1 N–H and O–H groups in total. The molecule has 3 unspecified atom stereocenters. The summed E-state index contributed by atoms with van der Waals surface area (Å²) in [6, 6.07) is 24.2. The summed E-state index contributed by atoms with van der Waals surface area (Å²) in [7, 11) is 1.63. The second-order valence-corrected chi connectivity index (χ2v) is 12.5. The van der Waals surface area contributed by atoms with Crippen molar-refractivity contribution in [1.82, 2.24) is 0 Å². The first-order chi connectivity index (χ1) is 18.3. The van der Waals surface area contributed by atoms with Crippen LogP contribution in [0.3, 0.4) is 0 Å². The highest BCUT2D eigenvalue weighted by Gasteiger charge is 2.69. The molecular formula is C35H32O3. The first kappa shape index (κ1) is 22.6. The molecule has 4 aromatic carbocycles. The van der Waals surface area contributed by atoms with E-state index in [1.807, 2.05) is 6.07 Å². The van der Waals surface area contributed by atoms with Crippen LogP contribution in [0.4, 0.5) is 0 Å². The Morgan fingerprint density at radius 1 is 0.868 bits per heavy atom. The molecule has 1 aromatic heterocycles. The van der Waals surface area contributed by atoms with Crippen molar-refractivity contribution in [1.29, 1.82) is 0 Å². The fraction of sp³-hybridized carbons (Fsp3) is 0.314. The lowest BCUT2D eigenvalue weighted by Crippen LogP contribution is -2.18. The number of hydrogen-bond donors (Lipinski definition) is 1. The van der Waals surface area contributed by atoms with Crippen molar-refractivity contribution in [3.63, 3.8) is 0 Å². The largest absolute Gasteiger partial charge is 0.456 e. The van der Waals surface area contributed by atoms with Crippen molar-refractivity contribution >= 4 is 21.7 Å². The third kappa shape index (κ3) is 2.61. The molecule has 0 saturated heterocycles. The Kier molecular flexibility index (Phi) is 4.26. The standard InChI is InChI=1S/C35H32O3/c1-18(2)16-19-10-12-21-20(17-19)11-13-23-27(21)28-24(31-30(23)35(31,36)37-5)14-15-25-29(28)34(3,4)32-22-8-6-7-9-26(22)38-33(25)32/h6-15,17-18,30-31,36H,16H2,1-5H3. The molecule has 3 aliphatic carbocycles. The van der Waals surface area contributed by atoms with Crippen LogP contribution >= 0.6 is 0 Å². The molecule has 38 heavy (non-hydrogen) atoms. The molecule has 3 heteroatoms. The second kappa shape index (κ2) is 7.16. The monoisotopic (exact) mass is 500 g/mol. The van der Waals surface area contributed by atoms with Gasteiger partial charge >= 0.3 is 0 Å². The maximum atomic E-state index is 11.6. The number of methoxy groups -OCH3 is 1. The lowest BCUT2D eigenvalue weighted by Gasteiger charge is -2.29. The molecule has 0 aliphatic heterocycles. The van der Waals surface area contributed by atoms with Gasteiger partial charge in [0.15, 0.2) is 5.79 Å². The SMILES string of the molecule is COC1(O)C2c3ccc4c(c3-c3c(ccc5cc(CC(C)C)ccc35)C21)C(C)(C)c1c-4oc2ccccc12. The summed E-state index contributed by atoms with van der Waals surface area (Å²) in [6.07, 6.45) is 1.06. The van der Waals surface area contributed by atoms with Crippen molar-refractivity contribution in [3.8, 4) is 22.5 Å². The first-order valence-electron chi connectivity index (χ1n) is 13.8. The van der Waals surface area contributed by atoms with Gasteiger partial charge in [0.05, 0.1) is 11.8 Å². The molecule has 0 bridgehead atoms. The third-order valence-electron chi connectivity index (χ3n) is 9.45. The smallest absolute Gasteiger partial charge is 0.180 e. The fourth-order valence-electron chi connectivity index (χ4n) is 7.91. The molecule has 5 aromatic rings. The minimum atomic E-state index is -1.18. The Hall–Kier alpha value is -3.40. The van der Waals surface area contributed by atoms with Gasteiger partial charge in [-0.15, -0.1) is 0 Å². The van der Waals surface area contributed by atoms with Crippen LogP contribution in [0, 0.1) is 5.92 Å². The van der Waals surface area contributed by atoms with Crippen molar-refractivity contribution in [2.24, 2.45) is 5.92 Å². The highest BCUT2D eigenvalue weighted by atomic mass is 16.6. The number of hydrogen-bond acceptors (Lipinski definition) is 3. The maximum Gasteiger partial charge on any atom is 0.180 e. The van der Waals surface area contributed by atoms with Gasteiger partial charge in [-0.2, -0.15) is 0 Å². The average molecular weight is 501 g/mol. The van der Waals surface area contributed by atoms with Gasteiger partial charge in [0.1, 0.15) is 11.3 Å². The van der Waals surface area contributed by atoms with Gasteiger partial charge in [0.25, 0.3) is 0 Å². The number of rotatable bonds is 3. The summed E-state index contributed by atoms with van der Waals surface area (Å²) in [4.78, 5) is 0. The number of aliphatic hydroxyl groups is 1. The minimum absolute atomic E-state index is 0.0610. The molecule has 1 fully saturated rings. The highest BCUT2D eigenvalue weighted by molar-refractivity contribution is 6.06. The predicted molar refractivity (Wildman–Crippen MR) is 153 cm³/mol. The highest BCUT2D eigenvalue weighted by Crippen LogP contribution is 2.72. The Balaban J connectivity index is 1.46. The molecule has 3 nitrogen and oxygen atoms in total. The topological polar surface area (TPSA) is 42.6 Å². The van der Waals surface area contributed by atoms with Crippen LogP contribution in [0.5, 0.6) is 0 Å². The molecule has 1 heterocycles. The van der Waals surface area contributed by atoms with E-state index in [0.29, 0.717) is 5.92 Å². The summed E-state index contributed by atoms with van der Waals surface area (Å²) >= 11 is 0. The van der Waals surface area contributed by atoms with Crippen molar-refractivity contribution < 1.29 is 14.3 Å². The number of fused-ring (bicyclic) bond motifs is 14. The average Bonchev–Trinajstić information content (AvgIpc) is 3.22. The van der Waals surface area contributed by atoms with E-state index in [9.17, 15) is 5.11 Å². The Morgan fingerprint density at radius 2 is 1.61 bits per heavy atom. The lowest BCUT2D eigenvalue weighted by atomic mass is 9.72. The van der Waals surface area contributed by atoms with Crippen molar-refractivity contribution in [2.45, 2.75) is 57.2 Å². The van der Waals surface area contributed by atoms with Gasteiger partial charge in [-0.05, 0) is 62.6 Å². The van der Waals surface area contributed by atoms with Crippen LogP contribution in [0.15, 0.2) is 71.1 Å². The molecular weight excluding hydrogens is 468 g/mol. The van der Waals surface area contributed by atoms with Crippen molar-refractivity contribution in [3.05, 3.63) is 94.5 Å². The van der Waals surface area contributed by atoms with E-state index in [1.54, 1.807) is 7.11 Å². The van der Waals surface area contributed by atoms with Gasteiger partial charge in [0, 0.05) is 29.0 Å². The summed E-state index contributed by atoms with van der Waals surface area (Å²) in [5.41, 5.74) is 10.7. The molecule has 3 atom stereocenters. The fourth-order valence-corrected chi connectivity index (χ4v) is 7.91. The Labute approximate surface area is 223 Å². The Bertz CT molecular complexity index is 1820. The third-order valence-corrected chi connectivity index (χ3v) is 9.45. The van der Waals surface area contributed by atoms with E-state index < -0.39 is 5.79 Å². The van der Waals surface area contributed by atoms with Crippen LogP contribution < -0.4 is 0 Å². The van der Waals surface area contributed by atoms with E-state index in [1.165, 1.54) is 60.7 Å². The predicted octanol–water partition coefficient (Wildman–Crippen LogP) is 8.29. The van der Waals surface area contributed by atoms with Crippen LogP contribution in [0.1, 0.15) is 67.3 Å². The zero-order valence-electron chi connectivity index (χ0n) is 22.6. The van der Waals surface area contributed by atoms with Gasteiger partial charge in [-0.1, -0.05) is 88.4 Å². The van der Waals surface area contributed by atoms with E-state index in [0.717, 1.165) is 17.8 Å². The number of para-hydroxylation sites is 1. The van der Waals surface area contributed by atoms with Crippen molar-refractivity contribution in [2.75, 3.05) is 7.11 Å². The normalized spacial score (nSPS) is 23.8. The zero-order valence-corrected chi connectivity index (χ0v) is 22.6. The molecule has 3 aliphatic rings. The van der Waals surface area contributed by atoms with Crippen LogP contribution in [-0.4, -0.2) is 18.0 Å². The maximum absolute atomic E-state index is 11.6. The summed E-state index contributed by atoms with van der Waals surface area (Å²) in [6.45, 7) is 9.19. The van der Waals surface area contributed by atoms with Gasteiger partial charge < -0.3 is 14.3 Å². The summed E-state index contributed by atoms with van der Waals surface area (Å²) in [5.74, 6) is 0.276. The van der Waals surface area contributed by atoms with E-state index in [2.05, 4.69) is 88.4 Å². The second-order valence-electron chi connectivity index (χ2n) is 12.5. The number of ether oxygens (including phenoxy) is 1. The molecule has 1 saturated carbocycles. The first-order valence-corrected chi connectivity index (χ1v) is 13.8. The molecule has 0 amide bonds. The summed E-state index contributed by atoms with van der Waals surface area (Å²) in [5, 5.41) is 15.3. The van der Waals surface area contributed by atoms with Crippen LogP contribution in [0.2, 0.25) is 0 Å². The van der Waals surface area contributed by atoms with Crippen LogP contribution in [0.25, 0.3) is 44.2 Å². The lowest BCUT2D eigenvalue weighted by molar-refractivity contribution is -0.110. The number of benzene rings is 4. The van der Waals surface area contributed by atoms with E-state index in [-0.39, 0.29) is 17.3 Å². The van der Waals surface area contributed by atoms with Gasteiger partial charge in [-0.3, -0.25) is 0 Å².